The lowest BCUT2D eigenvalue weighted by molar-refractivity contribution is 0.633. The van der Waals surface area contributed by atoms with Crippen molar-refractivity contribution in [2.24, 2.45) is 0 Å². The molecule has 0 atom stereocenters. The minimum absolute atomic E-state index is 0. The Labute approximate surface area is 110 Å². The summed E-state index contributed by atoms with van der Waals surface area (Å²) in [7, 11) is 0. The fourth-order valence-electron chi connectivity index (χ4n) is 2.76. The molecule has 1 aromatic carbocycles. The summed E-state index contributed by atoms with van der Waals surface area (Å²) < 4.78 is 1.26. The number of nitrogens with zero attached hydrogens (tertiary/aromatic N) is 1. The van der Waals surface area contributed by atoms with Gasteiger partial charge in [0.15, 0.2) is 0 Å². The van der Waals surface area contributed by atoms with Crippen molar-refractivity contribution < 1.29 is 0 Å². The Kier molecular flexibility index (Phi) is 3.41. The summed E-state index contributed by atoms with van der Waals surface area (Å²) in [6, 6.07) is 4.60. The molecule has 2 aliphatic rings. The first-order chi connectivity index (χ1) is 6.84. The maximum atomic E-state index is 3.61. The van der Waals surface area contributed by atoms with Gasteiger partial charge in [-0.05, 0) is 48.9 Å². The summed E-state index contributed by atoms with van der Waals surface area (Å²) >= 11 is 3.61. The number of hydrogen-bond donors (Lipinski definition) is 0. The van der Waals surface area contributed by atoms with Crippen LogP contribution in [0.4, 0.5) is 5.69 Å². The van der Waals surface area contributed by atoms with Gasteiger partial charge in [0.25, 0.3) is 0 Å². The van der Waals surface area contributed by atoms with Crippen molar-refractivity contribution in [1.29, 1.82) is 0 Å². The molecule has 0 amide bonds. The van der Waals surface area contributed by atoms with Crippen molar-refractivity contribution >= 4 is 38.6 Å². The molecule has 0 aliphatic carbocycles. The standard InChI is InChI=1S/C12H14BrN.BrH/c13-11-7-9-3-1-5-14-6-2-4-10(8-11)12(9)14;/h7-8H,1-6H2;1H. The average molecular weight is 333 g/mol. The highest BCUT2D eigenvalue weighted by Gasteiger charge is 2.23. The SMILES string of the molecule is Br.Brc1cc2c3c(c1)CCCN3CCC2. The molecule has 0 fully saturated rings. The van der Waals surface area contributed by atoms with Crippen molar-refractivity contribution in [1.82, 2.24) is 0 Å². The molecule has 2 heterocycles. The first-order valence-electron chi connectivity index (χ1n) is 5.41. The largest absolute Gasteiger partial charge is 0.371 e. The van der Waals surface area contributed by atoms with Crippen LogP contribution in [-0.2, 0) is 12.8 Å². The molecule has 0 N–H and O–H groups in total. The molecule has 1 aromatic rings. The molecule has 0 saturated heterocycles. The lowest BCUT2D eigenvalue weighted by Gasteiger charge is -2.37. The quantitative estimate of drug-likeness (QED) is 0.699. The summed E-state index contributed by atoms with van der Waals surface area (Å²) in [6.07, 6.45) is 5.17. The predicted molar refractivity (Wildman–Crippen MR) is 73.3 cm³/mol. The van der Waals surface area contributed by atoms with E-state index < -0.39 is 0 Å². The lowest BCUT2D eigenvalue weighted by atomic mass is 9.92. The highest BCUT2D eigenvalue weighted by molar-refractivity contribution is 9.10. The van der Waals surface area contributed by atoms with Crippen molar-refractivity contribution in [3.63, 3.8) is 0 Å². The van der Waals surface area contributed by atoms with Crippen LogP contribution in [0.3, 0.4) is 0 Å². The molecule has 0 unspecified atom stereocenters. The molecule has 0 spiro atoms. The van der Waals surface area contributed by atoms with Gasteiger partial charge in [-0.1, -0.05) is 15.9 Å². The molecule has 0 saturated carbocycles. The van der Waals surface area contributed by atoms with Gasteiger partial charge in [-0.25, -0.2) is 0 Å². The van der Waals surface area contributed by atoms with Crippen LogP contribution in [-0.4, -0.2) is 13.1 Å². The molecule has 0 radical (unpaired) electrons. The van der Waals surface area contributed by atoms with E-state index in [1.54, 1.807) is 16.8 Å². The zero-order chi connectivity index (χ0) is 9.54. The highest BCUT2D eigenvalue weighted by Crippen LogP contribution is 2.37. The van der Waals surface area contributed by atoms with E-state index in [9.17, 15) is 0 Å². The Bertz CT molecular complexity index is 345. The van der Waals surface area contributed by atoms with Gasteiger partial charge in [0, 0.05) is 23.2 Å². The third kappa shape index (κ3) is 1.96. The maximum Gasteiger partial charge on any atom is 0.0432 e. The van der Waals surface area contributed by atoms with Crippen molar-refractivity contribution in [3.05, 3.63) is 27.7 Å². The van der Waals surface area contributed by atoms with Crippen LogP contribution in [0.15, 0.2) is 16.6 Å². The number of benzene rings is 1. The van der Waals surface area contributed by atoms with E-state index in [-0.39, 0.29) is 17.0 Å². The second kappa shape index (κ2) is 4.46. The van der Waals surface area contributed by atoms with Crippen LogP contribution >= 0.6 is 32.9 Å². The fraction of sp³-hybridized carbons (Fsp3) is 0.500. The third-order valence-electron chi connectivity index (χ3n) is 3.30. The first-order valence-corrected chi connectivity index (χ1v) is 6.20. The van der Waals surface area contributed by atoms with Gasteiger partial charge in [-0.2, -0.15) is 0 Å². The van der Waals surface area contributed by atoms with Crippen LogP contribution < -0.4 is 4.90 Å². The third-order valence-corrected chi connectivity index (χ3v) is 3.75. The number of anilines is 1. The maximum absolute atomic E-state index is 3.61. The van der Waals surface area contributed by atoms with E-state index in [1.165, 1.54) is 43.2 Å². The van der Waals surface area contributed by atoms with E-state index >= 15 is 0 Å². The van der Waals surface area contributed by atoms with Gasteiger partial charge in [0.2, 0.25) is 0 Å². The van der Waals surface area contributed by atoms with Gasteiger partial charge in [-0.3, -0.25) is 0 Å². The summed E-state index contributed by atoms with van der Waals surface area (Å²) in [5.41, 5.74) is 4.67. The molecule has 15 heavy (non-hydrogen) atoms. The summed E-state index contributed by atoms with van der Waals surface area (Å²) in [4.78, 5) is 2.57. The van der Waals surface area contributed by atoms with Gasteiger partial charge in [-0.15, -0.1) is 17.0 Å². The van der Waals surface area contributed by atoms with E-state index in [4.69, 9.17) is 0 Å². The number of rotatable bonds is 0. The fourth-order valence-corrected chi connectivity index (χ4v) is 3.31. The van der Waals surface area contributed by atoms with Crippen molar-refractivity contribution in [3.8, 4) is 0 Å². The topological polar surface area (TPSA) is 3.24 Å². The van der Waals surface area contributed by atoms with Gasteiger partial charge in [0.05, 0.1) is 0 Å². The minimum Gasteiger partial charge on any atom is -0.371 e. The van der Waals surface area contributed by atoms with Crippen LogP contribution in [0.1, 0.15) is 24.0 Å². The van der Waals surface area contributed by atoms with E-state index in [2.05, 4.69) is 33.0 Å². The van der Waals surface area contributed by atoms with Crippen LogP contribution in [0.5, 0.6) is 0 Å². The Hall–Kier alpha value is -0.0200. The zero-order valence-electron chi connectivity index (χ0n) is 8.63. The van der Waals surface area contributed by atoms with Gasteiger partial charge >= 0.3 is 0 Å². The molecule has 3 heteroatoms. The van der Waals surface area contributed by atoms with E-state index in [0.29, 0.717) is 0 Å². The van der Waals surface area contributed by atoms with Crippen LogP contribution in [0.25, 0.3) is 0 Å². The Morgan fingerprint density at radius 3 is 2.07 bits per heavy atom. The number of aryl methyl sites for hydroxylation is 2. The summed E-state index contributed by atoms with van der Waals surface area (Å²) in [5, 5.41) is 0. The summed E-state index contributed by atoms with van der Waals surface area (Å²) in [5.74, 6) is 0. The smallest absolute Gasteiger partial charge is 0.0432 e. The second-order valence-corrected chi connectivity index (χ2v) is 5.18. The highest BCUT2D eigenvalue weighted by atomic mass is 79.9. The number of halogens is 2. The molecule has 0 bridgehead atoms. The Morgan fingerprint density at radius 2 is 1.53 bits per heavy atom. The molecule has 3 rings (SSSR count). The Balaban J connectivity index is 0.000000853. The van der Waals surface area contributed by atoms with Gasteiger partial charge in [0.1, 0.15) is 0 Å². The monoisotopic (exact) mass is 331 g/mol. The van der Waals surface area contributed by atoms with Crippen LogP contribution in [0, 0.1) is 0 Å². The normalized spacial score (nSPS) is 18.1. The van der Waals surface area contributed by atoms with E-state index in [0.717, 1.165) is 0 Å². The number of hydrogen-bond acceptors (Lipinski definition) is 1. The second-order valence-electron chi connectivity index (χ2n) is 4.27. The lowest BCUT2D eigenvalue weighted by Crippen LogP contribution is -2.34. The van der Waals surface area contributed by atoms with Crippen molar-refractivity contribution in [2.45, 2.75) is 25.7 Å². The molecule has 2 aliphatic heterocycles. The summed E-state index contributed by atoms with van der Waals surface area (Å²) in [6.45, 7) is 2.53. The van der Waals surface area contributed by atoms with E-state index in [1.807, 2.05) is 0 Å². The average Bonchev–Trinajstić information content (AvgIpc) is 2.18. The zero-order valence-corrected chi connectivity index (χ0v) is 11.9. The van der Waals surface area contributed by atoms with Crippen molar-refractivity contribution in [2.75, 3.05) is 18.0 Å². The molecule has 0 aromatic heterocycles. The Morgan fingerprint density at radius 1 is 1.00 bits per heavy atom. The van der Waals surface area contributed by atoms with Gasteiger partial charge < -0.3 is 4.90 Å². The molecule has 82 valence electrons. The molecular formula is C12H15Br2N. The molecule has 1 nitrogen and oxygen atoms in total. The molecular weight excluding hydrogens is 318 g/mol. The predicted octanol–water partition coefficient (Wildman–Crippen LogP) is 3.73. The van der Waals surface area contributed by atoms with Crippen LogP contribution in [0.2, 0.25) is 0 Å². The first kappa shape index (κ1) is 11.5. The minimum atomic E-state index is 0.